The van der Waals surface area contributed by atoms with Gasteiger partial charge in [-0.2, -0.15) is 0 Å². The number of hydrogen-bond donors (Lipinski definition) is 1. The smallest absolute Gasteiger partial charge is 0.254 e. The van der Waals surface area contributed by atoms with E-state index in [1.807, 2.05) is 47.4 Å². The van der Waals surface area contributed by atoms with Crippen molar-refractivity contribution < 1.29 is 14.3 Å². The van der Waals surface area contributed by atoms with Crippen LogP contribution in [0.2, 0.25) is 0 Å². The van der Waals surface area contributed by atoms with Gasteiger partial charge in [0.2, 0.25) is 5.91 Å². The van der Waals surface area contributed by atoms with Crippen LogP contribution in [-0.4, -0.2) is 85.5 Å². The maximum Gasteiger partial charge on any atom is 0.254 e. The molecule has 7 heteroatoms. The summed E-state index contributed by atoms with van der Waals surface area (Å²) in [4.78, 5) is 32.5. The third-order valence-electron chi connectivity index (χ3n) is 6.30. The molecule has 2 fully saturated rings. The molecule has 2 saturated heterocycles. The number of benzene rings is 2. The van der Waals surface area contributed by atoms with E-state index in [2.05, 4.69) is 27.2 Å². The number of morpholine rings is 1. The zero-order valence-corrected chi connectivity index (χ0v) is 18.7. The first-order valence-electron chi connectivity index (χ1n) is 11.3. The average Bonchev–Trinajstić information content (AvgIpc) is 2.85. The number of nitrogens with one attached hydrogen (secondary N) is 1. The van der Waals surface area contributed by atoms with E-state index >= 15 is 0 Å². The van der Waals surface area contributed by atoms with Gasteiger partial charge < -0.3 is 15.0 Å². The number of likely N-dealkylation sites (N-methyl/N-ethyl adjacent to an activating group) is 1. The molecule has 0 saturated carbocycles. The maximum absolute atomic E-state index is 13.5. The molecule has 2 aromatic rings. The van der Waals surface area contributed by atoms with Crippen LogP contribution in [0.1, 0.15) is 21.5 Å². The monoisotopic (exact) mass is 436 g/mol. The summed E-state index contributed by atoms with van der Waals surface area (Å²) in [7, 11) is 1.65. The second-order valence-electron chi connectivity index (χ2n) is 8.38. The number of nitrogens with zero attached hydrogens (tertiary/aromatic N) is 3. The van der Waals surface area contributed by atoms with Crippen molar-refractivity contribution in [3.63, 3.8) is 0 Å². The van der Waals surface area contributed by atoms with Crippen LogP contribution in [0.5, 0.6) is 0 Å². The lowest BCUT2D eigenvalue weighted by molar-refractivity contribution is -0.128. The molecule has 2 amide bonds. The van der Waals surface area contributed by atoms with Gasteiger partial charge in [0.1, 0.15) is 6.04 Å². The Morgan fingerprint density at radius 3 is 2.41 bits per heavy atom. The van der Waals surface area contributed by atoms with E-state index in [1.165, 1.54) is 0 Å². The Labute approximate surface area is 189 Å². The lowest BCUT2D eigenvalue weighted by atomic mass is 10.0. The fourth-order valence-corrected chi connectivity index (χ4v) is 4.46. The van der Waals surface area contributed by atoms with Crippen LogP contribution in [0.4, 0.5) is 0 Å². The summed E-state index contributed by atoms with van der Waals surface area (Å²) in [6.07, 6.45) is 0. The summed E-state index contributed by atoms with van der Waals surface area (Å²) in [6.45, 7) is 6.28. The molecule has 0 bridgehead atoms. The van der Waals surface area contributed by atoms with Crippen LogP contribution in [0.15, 0.2) is 54.6 Å². The molecule has 2 aliphatic heterocycles. The van der Waals surface area contributed by atoms with Gasteiger partial charge in [0.25, 0.3) is 5.91 Å². The second-order valence-corrected chi connectivity index (χ2v) is 8.38. The summed E-state index contributed by atoms with van der Waals surface area (Å²) in [5.41, 5.74) is 2.92. The average molecular weight is 437 g/mol. The van der Waals surface area contributed by atoms with Crippen LogP contribution in [-0.2, 0) is 22.6 Å². The van der Waals surface area contributed by atoms with Crippen LogP contribution in [0, 0.1) is 0 Å². The molecule has 2 aromatic carbocycles. The lowest BCUT2D eigenvalue weighted by Crippen LogP contribution is -2.59. The second kappa shape index (κ2) is 10.7. The zero-order chi connectivity index (χ0) is 22.3. The highest BCUT2D eigenvalue weighted by Crippen LogP contribution is 2.20. The van der Waals surface area contributed by atoms with Gasteiger partial charge in [-0.3, -0.25) is 19.4 Å². The van der Waals surface area contributed by atoms with E-state index in [0.717, 1.165) is 49.5 Å². The first-order chi connectivity index (χ1) is 15.7. The van der Waals surface area contributed by atoms with Crippen molar-refractivity contribution >= 4 is 11.8 Å². The Bertz CT molecular complexity index is 914. The SMILES string of the molecule is CNC(=O)[C@@H]1CN(C(=O)c2ccccc2CN2CCOCC2)CCN1Cc1ccccc1. The van der Waals surface area contributed by atoms with Gasteiger partial charge in [-0.15, -0.1) is 0 Å². The summed E-state index contributed by atoms with van der Waals surface area (Å²) in [6, 6.07) is 17.6. The molecule has 2 heterocycles. The van der Waals surface area contributed by atoms with Crippen molar-refractivity contribution in [3.05, 3.63) is 71.3 Å². The number of ether oxygens (including phenoxy) is 1. The number of hydrogen-bond acceptors (Lipinski definition) is 5. The van der Waals surface area contributed by atoms with Gasteiger partial charge in [0.05, 0.1) is 13.2 Å². The minimum atomic E-state index is -0.371. The van der Waals surface area contributed by atoms with Crippen molar-refractivity contribution in [2.24, 2.45) is 0 Å². The van der Waals surface area contributed by atoms with Gasteiger partial charge in [0.15, 0.2) is 0 Å². The largest absolute Gasteiger partial charge is 0.379 e. The maximum atomic E-state index is 13.5. The standard InChI is InChI=1S/C25H32N4O3/c1-26-24(30)23-19-29(12-11-28(23)17-20-7-3-2-4-8-20)25(31)22-10-6-5-9-21(22)18-27-13-15-32-16-14-27/h2-10,23H,11-19H2,1H3,(H,26,30)/t23-/m0/s1. The molecule has 0 aliphatic carbocycles. The Hall–Kier alpha value is -2.74. The van der Waals surface area contributed by atoms with Crippen molar-refractivity contribution in [1.29, 1.82) is 0 Å². The third kappa shape index (κ3) is 5.35. The topological polar surface area (TPSA) is 65.1 Å². The van der Waals surface area contributed by atoms with Crippen molar-refractivity contribution in [2.45, 2.75) is 19.1 Å². The van der Waals surface area contributed by atoms with E-state index in [9.17, 15) is 9.59 Å². The molecule has 0 spiro atoms. The first kappa shape index (κ1) is 22.5. The van der Waals surface area contributed by atoms with Crippen LogP contribution >= 0.6 is 0 Å². The minimum absolute atomic E-state index is 0.00197. The number of amides is 2. The molecular formula is C25H32N4O3. The molecule has 1 atom stereocenters. The molecule has 4 rings (SSSR count). The molecule has 170 valence electrons. The number of rotatable bonds is 6. The summed E-state index contributed by atoms with van der Waals surface area (Å²) < 4.78 is 5.45. The molecule has 2 aliphatic rings. The van der Waals surface area contributed by atoms with E-state index in [0.29, 0.717) is 26.2 Å². The molecule has 0 unspecified atom stereocenters. The fourth-order valence-electron chi connectivity index (χ4n) is 4.46. The van der Waals surface area contributed by atoms with Gasteiger partial charge in [-0.05, 0) is 17.2 Å². The highest BCUT2D eigenvalue weighted by Gasteiger charge is 2.34. The van der Waals surface area contributed by atoms with Gasteiger partial charge >= 0.3 is 0 Å². The van der Waals surface area contributed by atoms with E-state index < -0.39 is 0 Å². The predicted molar refractivity (Wildman–Crippen MR) is 123 cm³/mol. The van der Waals surface area contributed by atoms with Crippen LogP contribution in [0.25, 0.3) is 0 Å². The van der Waals surface area contributed by atoms with E-state index in [1.54, 1.807) is 7.05 Å². The highest BCUT2D eigenvalue weighted by atomic mass is 16.5. The van der Waals surface area contributed by atoms with Crippen molar-refractivity contribution in [3.8, 4) is 0 Å². The van der Waals surface area contributed by atoms with E-state index in [-0.39, 0.29) is 17.9 Å². The van der Waals surface area contributed by atoms with Gasteiger partial charge in [-0.25, -0.2) is 0 Å². The van der Waals surface area contributed by atoms with Gasteiger partial charge in [0, 0.05) is 58.4 Å². The van der Waals surface area contributed by atoms with Crippen LogP contribution in [0.3, 0.4) is 0 Å². The Morgan fingerprint density at radius 1 is 0.938 bits per heavy atom. The Balaban J connectivity index is 1.48. The minimum Gasteiger partial charge on any atom is -0.379 e. The first-order valence-corrected chi connectivity index (χ1v) is 11.3. The highest BCUT2D eigenvalue weighted by molar-refractivity contribution is 5.96. The van der Waals surface area contributed by atoms with Gasteiger partial charge in [-0.1, -0.05) is 48.5 Å². The quantitative estimate of drug-likeness (QED) is 0.745. The molecular weight excluding hydrogens is 404 g/mol. The van der Waals surface area contributed by atoms with Crippen molar-refractivity contribution in [2.75, 3.05) is 53.0 Å². The zero-order valence-electron chi connectivity index (χ0n) is 18.7. The summed E-state index contributed by atoms with van der Waals surface area (Å²) in [5, 5.41) is 2.78. The molecule has 1 N–H and O–H groups in total. The molecule has 0 aromatic heterocycles. The summed E-state index contributed by atoms with van der Waals surface area (Å²) in [5.74, 6) is -0.0536. The molecule has 32 heavy (non-hydrogen) atoms. The summed E-state index contributed by atoms with van der Waals surface area (Å²) >= 11 is 0. The molecule has 0 radical (unpaired) electrons. The van der Waals surface area contributed by atoms with Crippen molar-refractivity contribution in [1.82, 2.24) is 20.0 Å². The van der Waals surface area contributed by atoms with E-state index in [4.69, 9.17) is 4.74 Å². The predicted octanol–water partition coefficient (Wildman–Crippen LogP) is 1.59. The number of carbonyl (C=O) groups is 2. The normalized spacial score (nSPS) is 20.2. The number of carbonyl (C=O) groups excluding carboxylic acids is 2. The fraction of sp³-hybridized carbons (Fsp3) is 0.440. The third-order valence-corrected chi connectivity index (χ3v) is 6.30. The lowest BCUT2D eigenvalue weighted by Gasteiger charge is -2.40. The number of piperazine rings is 1. The Kier molecular flexibility index (Phi) is 7.52. The Morgan fingerprint density at radius 2 is 1.66 bits per heavy atom. The molecule has 7 nitrogen and oxygen atoms in total. The van der Waals surface area contributed by atoms with Crippen LogP contribution < -0.4 is 5.32 Å².